The quantitative estimate of drug-likeness (QED) is 0.690. The van der Waals surface area contributed by atoms with E-state index in [-0.39, 0.29) is 12.2 Å². The molecule has 0 aliphatic carbocycles. The lowest BCUT2D eigenvalue weighted by Gasteiger charge is -2.20. The average molecular weight is 356 g/mol. The van der Waals surface area contributed by atoms with Gasteiger partial charge in [0.05, 0.1) is 12.2 Å². The molecular formula is C22H28O4. The summed E-state index contributed by atoms with van der Waals surface area (Å²) in [6.45, 7) is 14.9. The molecule has 0 saturated heterocycles. The molecule has 0 saturated carbocycles. The first-order valence-corrected chi connectivity index (χ1v) is 8.81. The van der Waals surface area contributed by atoms with Gasteiger partial charge < -0.3 is 19.7 Å². The number of hydrogen-bond donors (Lipinski definition) is 2. The number of hydrogen-bond acceptors (Lipinski definition) is 4. The van der Waals surface area contributed by atoms with Crippen LogP contribution in [-0.2, 0) is 9.47 Å². The molecule has 0 radical (unpaired) electrons. The fourth-order valence-electron chi connectivity index (χ4n) is 2.38. The molecule has 0 heterocycles. The third-order valence-electron chi connectivity index (χ3n) is 4.50. The SMILES string of the molecule is C=C(O[C@@H](C)[C@H](C)O)c1ccc2ccc(C(=C)O[C@H](C)[C@@H](C)O)cc2c1. The molecule has 0 aromatic heterocycles. The van der Waals surface area contributed by atoms with E-state index in [4.69, 9.17) is 9.47 Å². The summed E-state index contributed by atoms with van der Waals surface area (Å²) >= 11 is 0. The third-order valence-corrected chi connectivity index (χ3v) is 4.50. The van der Waals surface area contributed by atoms with Crippen molar-refractivity contribution in [1.82, 2.24) is 0 Å². The Kier molecular flexibility index (Phi) is 6.46. The predicted octanol–water partition coefficient (Wildman–Crippen LogP) is 4.35. The fourth-order valence-corrected chi connectivity index (χ4v) is 2.38. The van der Waals surface area contributed by atoms with Gasteiger partial charge in [0, 0.05) is 11.1 Å². The molecule has 2 aromatic rings. The molecule has 2 N–H and O–H groups in total. The highest BCUT2D eigenvalue weighted by Crippen LogP contribution is 2.26. The first kappa shape index (κ1) is 20.0. The van der Waals surface area contributed by atoms with E-state index in [0.717, 1.165) is 21.9 Å². The molecule has 140 valence electrons. The van der Waals surface area contributed by atoms with Crippen molar-refractivity contribution in [2.75, 3.05) is 0 Å². The topological polar surface area (TPSA) is 58.9 Å². The van der Waals surface area contributed by atoms with Gasteiger partial charge >= 0.3 is 0 Å². The number of fused-ring (bicyclic) bond motifs is 1. The molecule has 26 heavy (non-hydrogen) atoms. The van der Waals surface area contributed by atoms with E-state index < -0.39 is 12.2 Å². The van der Waals surface area contributed by atoms with Gasteiger partial charge in [0.2, 0.25) is 0 Å². The van der Waals surface area contributed by atoms with Crippen LogP contribution >= 0.6 is 0 Å². The minimum atomic E-state index is -0.574. The maximum Gasteiger partial charge on any atom is 0.121 e. The number of benzene rings is 2. The van der Waals surface area contributed by atoms with Crippen molar-refractivity contribution >= 4 is 22.3 Å². The molecule has 0 amide bonds. The molecule has 0 aliphatic heterocycles. The van der Waals surface area contributed by atoms with Gasteiger partial charge in [-0.2, -0.15) is 0 Å². The summed E-state index contributed by atoms with van der Waals surface area (Å²) in [6, 6.07) is 11.9. The minimum absolute atomic E-state index is 0.334. The van der Waals surface area contributed by atoms with E-state index in [2.05, 4.69) is 13.2 Å². The van der Waals surface area contributed by atoms with E-state index in [1.807, 2.05) is 36.4 Å². The molecule has 4 heteroatoms. The maximum atomic E-state index is 9.59. The van der Waals surface area contributed by atoms with Gasteiger partial charge in [-0.15, -0.1) is 0 Å². The lowest BCUT2D eigenvalue weighted by Crippen LogP contribution is -2.21. The lowest BCUT2D eigenvalue weighted by molar-refractivity contribution is 0.0432. The van der Waals surface area contributed by atoms with Crippen LogP contribution < -0.4 is 0 Å². The van der Waals surface area contributed by atoms with Gasteiger partial charge in [-0.3, -0.25) is 0 Å². The van der Waals surface area contributed by atoms with Gasteiger partial charge in [-0.1, -0.05) is 37.4 Å². The summed E-state index contributed by atoms with van der Waals surface area (Å²) in [5.41, 5.74) is 1.71. The first-order valence-electron chi connectivity index (χ1n) is 8.81. The molecule has 0 unspecified atom stereocenters. The van der Waals surface area contributed by atoms with E-state index >= 15 is 0 Å². The maximum absolute atomic E-state index is 9.59. The van der Waals surface area contributed by atoms with Gasteiger partial charge in [0.1, 0.15) is 23.7 Å². The molecule has 2 aromatic carbocycles. The summed E-state index contributed by atoms with van der Waals surface area (Å²) in [5, 5.41) is 21.3. The number of rotatable bonds is 8. The standard InChI is InChI=1S/C22H28O4/c1-13(23)15(3)25-17(5)20-9-7-19-8-10-21(12-22(19)11-20)18(6)26-16(4)14(2)24/h7-16,23-24H,5-6H2,1-4H3/t13-,14+,15-,16+. The monoisotopic (exact) mass is 356 g/mol. The van der Waals surface area contributed by atoms with Crippen LogP contribution in [0.4, 0.5) is 0 Å². The van der Waals surface area contributed by atoms with Crippen LogP contribution in [0.2, 0.25) is 0 Å². The molecular weight excluding hydrogens is 328 g/mol. The van der Waals surface area contributed by atoms with Gasteiger partial charge in [0.25, 0.3) is 0 Å². The van der Waals surface area contributed by atoms with Crippen molar-refractivity contribution in [3.63, 3.8) is 0 Å². The molecule has 0 spiro atoms. The summed E-state index contributed by atoms with van der Waals surface area (Å²) in [5.74, 6) is 1.03. The van der Waals surface area contributed by atoms with Gasteiger partial charge in [-0.05, 0) is 50.6 Å². The smallest absolute Gasteiger partial charge is 0.121 e. The van der Waals surface area contributed by atoms with Crippen LogP contribution in [0.3, 0.4) is 0 Å². The Balaban J connectivity index is 2.25. The second-order valence-corrected chi connectivity index (χ2v) is 6.75. The van der Waals surface area contributed by atoms with Crippen LogP contribution in [0.25, 0.3) is 22.3 Å². The fraction of sp³-hybridized carbons (Fsp3) is 0.364. The Bertz CT molecular complexity index is 729. The number of ether oxygens (including phenoxy) is 2. The Morgan fingerprint density at radius 2 is 1.12 bits per heavy atom. The molecule has 0 aliphatic rings. The average Bonchev–Trinajstić information content (AvgIpc) is 2.60. The third kappa shape index (κ3) is 4.87. The predicted molar refractivity (Wildman–Crippen MR) is 106 cm³/mol. The summed E-state index contributed by atoms with van der Waals surface area (Å²) in [7, 11) is 0. The summed E-state index contributed by atoms with van der Waals surface area (Å²) < 4.78 is 11.4. The van der Waals surface area contributed by atoms with Crippen molar-refractivity contribution < 1.29 is 19.7 Å². The molecule has 0 bridgehead atoms. The van der Waals surface area contributed by atoms with Gasteiger partial charge in [0.15, 0.2) is 0 Å². The Hall–Kier alpha value is -2.30. The lowest BCUT2D eigenvalue weighted by atomic mass is 10.0. The molecule has 4 nitrogen and oxygen atoms in total. The highest BCUT2D eigenvalue weighted by Gasteiger charge is 2.14. The molecule has 4 atom stereocenters. The number of aliphatic hydroxyl groups excluding tert-OH is 2. The highest BCUT2D eigenvalue weighted by atomic mass is 16.5. The largest absolute Gasteiger partial charge is 0.488 e. The second kappa shape index (κ2) is 8.39. The van der Waals surface area contributed by atoms with Crippen molar-refractivity contribution in [3.8, 4) is 0 Å². The van der Waals surface area contributed by atoms with Crippen LogP contribution in [0.1, 0.15) is 38.8 Å². The Morgan fingerprint density at radius 3 is 1.46 bits per heavy atom. The Labute approximate surface area is 155 Å². The zero-order chi connectivity index (χ0) is 19.4. The zero-order valence-electron chi connectivity index (χ0n) is 15.9. The van der Waals surface area contributed by atoms with Crippen molar-refractivity contribution in [3.05, 3.63) is 60.7 Å². The minimum Gasteiger partial charge on any atom is -0.488 e. The van der Waals surface area contributed by atoms with Crippen LogP contribution in [0.15, 0.2) is 49.6 Å². The van der Waals surface area contributed by atoms with Gasteiger partial charge in [-0.25, -0.2) is 0 Å². The van der Waals surface area contributed by atoms with Crippen molar-refractivity contribution in [1.29, 1.82) is 0 Å². The summed E-state index contributed by atoms with van der Waals surface area (Å²) in [4.78, 5) is 0. The first-order chi connectivity index (χ1) is 12.2. The number of aliphatic hydroxyl groups is 2. The van der Waals surface area contributed by atoms with Crippen molar-refractivity contribution in [2.45, 2.75) is 52.1 Å². The van der Waals surface area contributed by atoms with Crippen LogP contribution in [0, 0.1) is 0 Å². The Morgan fingerprint density at radius 1 is 0.731 bits per heavy atom. The van der Waals surface area contributed by atoms with E-state index in [9.17, 15) is 10.2 Å². The normalized spacial score (nSPS) is 15.8. The zero-order valence-corrected chi connectivity index (χ0v) is 15.9. The van der Waals surface area contributed by atoms with Crippen LogP contribution in [-0.4, -0.2) is 34.6 Å². The van der Waals surface area contributed by atoms with Crippen LogP contribution in [0.5, 0.6) is 0 Å². The molecule has 0 fully saturated rings. The molecule has 2 rings (SSSR count). The van der Waals surface area contributed by atoms with Crippen molar-refractivity contribution in [2.24, 2.45) is 0 Å². The van der Waals surface area contributed by atoms with E-state index in [0.29, 0.717) is 11.5 Å². The second-order valence-electron chi connectivity index (χ2n) is 6.75. The summed E-state index contributed by atoms with van der Waals surface area (Å²) in [6.07, 6.45) is -1.82. The highest BCUT2D eigenvalue weighted by molar-refractivity contribution is 5.88. The van der Waals surface area contributed by atoms with E-state index in [1.165, 1.54) is 0 Å². The van der Waals surface area contributed by atoms with E-state index in [1.54, 1.807) is 27.7 Å².